The molecule has 0 fully saturated rings. The minimum atomic E-state index is -0.556. The lowest BCUT2D eigenvalue weighted by molar-refractivity contribution is 0.107. The summed E-state index contributed by atoms with van der Waals surface area (Å²) in [6.07, 6.45) is 2.02. The fraction of sp³-hybridized carbons (Fsp3) is 0.0588. The molecule has 0 aliphatic rings. The van der Waals surface area contributed by atoms with E-state index < -0.39 is 5.24 Å². The first-order chi connectivity index (χ1) is 11.1. The van der Waals surface area contributed by atoms with Gasteiger partial charge < -0.3 is 0 Å². The van der Waals surface area contributed by atoms with E-state index in [0.29, 0.717) is 16.4 Å². The lowest BCUT2D eigenvalue weighted by atomic mass is 10.1. The molecule has 0 N–H and O–H groups in total. The Hall–Kier alpha value is -1.75. The molecule has 2 aromatic carbocycles. The Morgan fingerprint density at radius 3 is 2.30 bits per heavy atom. The first-order valence-corrected chi connectivity index (χ1v) is 8.77. The predicted molar refractivity (Wildman–Crippen MR) is 96.0 cm³/mol. The fourth-order valence-electron chi connectivity index (χ4n) is 2.20. The largest absolute Gasteiger partial charge is 0.274 e. The molecule has 0 saturated heterocycles. The van der Waals surface area contributed by atoms with Crippen LogP contribution in [-0.4, -0.2) is 21.3 Å². The molecule has 0 aliphatic heterocycles. The van der Waals surface area contributed by atoms with Gasteiger partial charge in [-0.3, -0.25) is 4.79 Å². The summed E-state index contributed by atoms with van der Waals surface area (Å²) in [7, 11) is 0. The van der Waals surface area contributed by atoms with E-state index in [1.54, 1.807) is 42.1 Å². The normalized spacial score (nSPS) is 10.7. The summed E-state index contributed by atoms with van der Waals surface area (Å²) in [5, 5.41) is 4.58. The maximum atomic E-state index is 11.7. The van der Waals surface area contributed by atoms with E-state index in [1.807, 2.05) is 30.5 Å². The minimum absolute atomic E-state index is 0.318. The summed E-state index contributed by atoms with van der Waals surface area (Å²) in [4.78, 5) is 12.9. The molecule has 0 radical (unpaired) electrons. The van der Waals surface area contributed by atoms with Crippen LogP contribution in [0.5, 0.6) is 0 Å². The molecule has 23 heavy (non-hydrogen) atoms. The lowest BCUT2D eigenvalue weighted by Crippen LogP contribution is -2.04. The molecule has 0 spiro atoms. The zero-order chi connectivity index (χ0) is 16.4. The molecule has 1 aromatic heterocycles. The quantitative estimate of drug-likeness (QED) is 0.466. The zero-order valence-electron chi connectivity index (χ0n) is 12.2. The molecule has 1 heterocycles. The van der Waals surface area contributed by atoms with E-state index >= 15 is 0 Å². The molecule has 0 bridgehead atoms. The van der Waals surface area contributed by atoms with Gasteiger partial charge in [-0.05, 0) is 60.3 Å². The van der Waals surface area contributed by atoms with Crippen LogP contribution in [0.3, 0.4) is 0 Å². The van der Waals surface area contributed by atoms with Crippen molar-refractivity contribution in [3.8, 4) is 16.9 Å². The molecule has 0 aliphatic carbocycles. The number of benzene rings is 2. The van der Waals surface area contributed by atoms with Gasteiger partial charge in [-0.25, -0.2) is 4.68 Å². The molecule has 0 unspecified atom stereocenters. The fourth-order valence-corrected chi connectivity index (χ4v) is 2.87. The minimum Gasteiger partial charge on any atom is -0.274 e. The molecule has 0 amide bonds. The number of aromatic nitrogens is 2. The highest BCUT2D eigenvalue weighted by atomic mass is 35.5. The maximum absolute atomic E-state index is 11.7. The van der Waals surface area contributed by atoms with E-state index in [2.05, 4.69) is 5.10 Å². The van der Waals surface area contributed by atoms with Crippen LogP contribution < -0.4 is 0 Å². The number of carbonyl (C=O) groups is 1. The predicted octanol–water partition coefficient (Wildman–Crippen LogP) is 5.29. The smallest absolute Gasteiger partial charge is 0.270 e. The number of hydrogen-bond donors (Lipinski definition) is 0. The molecule has 0 atom stereocenters. The Kier molecular flexibility index (Phi) is 4.76. The number of carbonyl (C=O) groups excluding carboxylic acids is 1. The second-order valence-electron chi connectivity index (χ2n) is 4.81. The van der Waals surface area contributed by atoms with Crippen molar-refractivity contribution in [1.29, 1.82) is 0 Å². The molecular weight excluding hydrogens is 351 g/mol. The van der Waals surface area contributed by atoms with Crippen molar-refractivity contribution in [2.45, 2.75) is 4.90 Å². The summed E-state index contributed by atoms with van der Waals surface area (Å²) < 4.78 is 1.53. The van der Waals surface area contributed by atoms with Gasteiger partial charge in [-0.15, -0.1) is 11.8 Å². The Balaban J connectivity index is 2.07. The molecule has 0 saturated carbocycles. The highest BCUT2D eigenvalue weighted by Gasteiger charge is 2.16. The number of thioether (sulfide) groups is 1. The van der Waals surface area contributed by atoms with Crippen molar-refractivity contribution < 1.29 is 4.79 Å². The third-order valence-corrected chi connectivity index (χ3v) is 4.56. The molecule has 3 aromatic rings. The third-order valence-electron chi connectivity index (χ3n) is 3.37. The van der Waals surface area contributed by atoms with Gasteiger partial charge in [0.05, 0.1) is 11.4 Å². The van der Waals surface area contributed by atoms with Gasteiger partial charge in [0.2, 0.25) is 0 Å². The molecule has 6 heteroatoms. The first kappa shape index (κ1) is 16.1. The summed E-state index contributed by atoms with van der Waals surface area (Å²) in [6.45, 7) is 0. The van der Waals surface area contributed by atoms with E-state index in [0.717, 1.165) is 11.3 Å². The van der Waals surface area contributed by atoms with E-state index in [1.165, 1.54) is 9.58 Å². The van der Waals surface area contributed by atoms with Crippen LogP contribution in [0.15, 0.2) is 59.5 Å². The van der Waals surface area contributed by atoms with Gasteiger partial charge in [-0.2, -0.15) is 5.10 Å². The highest BCUT2D eigenvalue weighted by Crippen LogP contribution is 2.25. The van der Waals surface area contributed by atoms with Crippen molar-refractivity contribution in [3.05, 3.63) is 65.3 Å². The van der Waals surface area contributed by atoms with Gasteiger partial charge in [0, 0.05) is 15.5 Å². The van der Waals surface area contributed by atoms with Gasteiger partial charge in [0.25, 0.3) is 5.24 Å². The number of hydrogen-bond acceptors (Lipinski definition) is 3. The van der Waals surface area contributed by atoms with Crippen LogP contribution in [-0.2, 0) is 0 Å². The van der Waals surface area contributed by atoms with Crippen molar-refractivity contribution in [1.82, 2.24) is 9.78 Å². The Morgan fingerprint density at radius 2 is 1.74 bits per heavy atom. The maximum Gasteiger partial charge on any atom is 0.270 e. The zero-order valence-corrected chi connectivity index (χ0v) is 14.5. The summed E-state index contributed by atoms with van der Waals surface area (Å²) in [6, 6.07) is 16.7. The van der Waals surface area contributed by atoms with Gasteiger partial charge in [0.15, 0.2) is 0 Å². The van der Waals surface area contributed by atoms with Crippen LogP contribution >= 0.6 is 35.0 Å². The van der Waals surface area contributed by atoms with Crippen molar-refractivity contribution >= 4 is 40.2 Å². The van der Waals surface area contributed by atoms with Crippen molar-refractivity contribution in [2.75, 3.05) is 6.26 Å². The first-order valence-electron chi connectivity index (χ1n) is 6.79. The van der Waals surface area contributed by atoms with Crippen LogP contribution in [0.2, 0.25) is 5.02 Å². The standard InChI is InChI=1S/C17H12Cl2N2OS/c1-23-14-8-2-11(3-9-14)15-10-16(17(19)22)21(20-15)13-6-4-12(18)5-7-13/h2-10H,1H3. The Labute approximate surface area is 148 Å². The second kappa shape index (κ2) is 6.79. The number of halogens is 2. The SMILES string of the molecule is CSc1ccc(-c2cc(C(=O)Cl)n(-c3ccc(Cl)cc3)n2)cc1. The van der Waals surface area contributed by atoms with E-state index in [4.69, 9.17) is 23.2 Å². The Morgan fingerprint density at radius 1 is 1.09 bits per heavy atom. The van der Waals surface area contributed by atoms with Crippen molar-refractivity contribution in [3.63, 3.8) is 0 Å². The second-order valence-corrected chi connectivity index (χ2v) is 6.46. The van der Waals surface area contributed by atoms with Gasteiger partial charge in [0.1, 0.15) is 5.69 Å². The number of nitrogens with zero attached hydrogens (tertiary/aromatic N) is 2. The average Bonchev–Trinajstić information content (AvgIpc) is 3.01. The van der Waals surface area contributed by atoms with Crippen LogP contribution in [0.25, 0.3) is 16.9 Å². The van der Waals surface area contributed by atoms with Crippen molar-refractivity contribution in [2.24, 2.45) is 0 Å². The third kappa shape index (κ3) is 3.44. The summed E-state index contributed by atoms with van der Waals surface area (Å²) in [5.74, 6) is 0. The molecule has 116 valence electrons. The topological polar surface area (TPSA) is 34.9 Å². The van der Waals surface area contributed by atoms with E-state index in [-0.39, 0.29) is 0 Å². The van der Waals surface area contributed by atoms with Crippen LogP contribution in [0.4, 0.5) is 0 Å². The molecular formula is C17H12Cl2N2OS. The lowest BCUT2D eigenvalue weighted by Gasteiger charge is -2.04. The van der Waals surface area contributed by atoms with Crippen LogP contribution in [0, 0.1) is 0 Å². The Bertz CT molecular complexity index is 842. The average molecular weight is 363 g/mol. The summed E-state index contributed by atoms with van der Waals surface area (Å²) >= 11 is 13.3. The van der Waals surface area contributed by atoms with Gasteiger partial charge >= 0.3 is 0 Å². The van der Waals surface area contributed by atoms with Crippen LogP contribution in [0.1, 0.15) is 10.5 Å². The molecule has 3 rings (SSSR count). The number of rotatable bonds is 4. The van der Waals surface area contributed by atoms with E-state index in [9.17, 15) is 4.79 Å². The monoisotopic (exact) mass is 362 g/mol. The molecule has 3 nitrogen and oxygen atoms in total. The highest BCUT2D eigenvalue weighted by molar-refractivity contribution is 7.98. The van der Waals surface area contributed by atoms with Gasteiger partial charge in [-0.1, -0.05) is 23.7 Å². The summed E-state index contributed by atoms with van der Waals surface area (Å²) in [5.41, 5.74) is 2.66.